The second kappa shape index (κ2) is 7.17. The molecule has 3 aliphatic rings. The molecule has 2 saturated heterocycles. The van der Waals surface area contributed by atoms with Crippen molar-refractivity contribution >= 4 is 12.0 Å². The minimum absolute atomic E-state index is 0.0785. The summed E-state index contributed by atoms with van der Waals surface area (Å²) in [6.07, 6.45) is 6.41. The van der Waals surface area contributed by atoms with E-state index in [0.717, 1.165) is 0 Å². The molecule has 0 bridgehead atoms. The van der Waals surface area contributed by atoms with Crippen molar-refractivity contribution in [2.45, 2.75) is 44.7 Å². The summed E-state index contributed by atoms with van der Waals surface area (Å²) in [5, 5.41) is 0. The number of hydrogen-bond donors (Lipinski definition) is 0. The van der Waals surface area contributed by atoms with Crippen LogP contribution in [0.1, 0.15) is 20.8 Å². The Labute approximate surface area is 148 Å². The fourth-order valence-corrected chi connectivity index (χ4v) is 3.04. The lowest BCUT2D eigenvalue weighted by Gasteiger charge is -2.39. The van der Waals surface area contributed by atoms with E-state index < -0.39 is 11.7 Å². The van der Waals surface area contributed by atoms with Crippen molar-refractivity contribution in [1.29, 1.82) is 0 Å². The Morgan fingerprint density at radius 1 is 1.00 bits per heavy atom. The van der Waals surface area contributed by atoms with Gasteiger partial charge >= 0.3 is 6.09 Å². The predicted octanol–water partition coefficient (Wildman–Crippen LogP) is 1.34. The Bertz CT molecular complexity index is 573. The van der Waals surface area contributed by atoms with E-state index in [-0.39, 0.29) is 30.8 Å². The van der Waals surface area contributed by atoms with E-state index >= 15 is 0 Å². The number of carbonyl (C=O) groups excluding carboxylic acids is 2. The van der Waals surface area contributed by atoms with Crippen molar-refractivity contribution in [2.24, 2.45) is 0 Å². The summed E-state index contributed by atoms with van der Waals surface area (Å²) >= 11 is 0. The molecule has 3 atom stereocenters. The maximum Gasteiger partial charge on any atom is 0.410 e. The van der Waals surface area contributed by atoms with E-state index in [1.165, 1.54) is 0 Å². The summed E-state index contributed by atoms with van der Waals surface area (Å²) in [6.45, 7) is 7.65. The Kier molecular flexibility index (Phi) is 5.15. The average molecular weight is 350 g/mol. The van der Waals surface area contributed by atoms with Gasteiger partial charge in [0.2, 0.25) is 0 Å². The summed E-state index contributed by atoms with van der Waals surface area (Å²) in [4.78, 5) is 28.1. The van der Waals surface area contributed by atoms with Crippen LogP contribution in [0.15, 0.2) is 24.3 Å². The van der Waals surface area contributed by atoms with Crippen LogP contribution >= 0.6 is 0 Å². The van der Waals surface area contributed by atoms with E-state index in [0.29, 0.717) is 26.2 Å². The number of carbonyl (C=O) groups is 2. The minimum Gasteiger partial charge on any atom is -0.444 e. The standard InChI is InChI=1S/C18H26N2O5/c1-18(2,3)25-17(22)20-10-8-19(9-11-20)16(21)15-12-23-13-6-4-5-7-14(13)24-15/h4-7,13-15H,8-12H2,1-3H3. The largest absolute Gasteiger partial charge is 0.444 e. The fraction of sp³-hybridized carbons (Fsp3) is 0.667. The second-order valence-electron chi connectivity index (χ2n) is 7.45. The molecule has 2 heterocycles. The number of rotatable bonds is 1. The molecule has 3 unspecified atom stereocenters. The number of hydrogen-bond acceptors (Lipinski definition) is 5. The second-order valence-corrected chi connectivity index (χ2v) is 7.45. The van der Waals surface area contributed by atoms with Crippen LogP contribution in [0.5, 0.6) is 0 Å². The molecule has 0 aromatic rings. The molecule has 1 aliphatic carbocycles. The van der Waals surface area contributed by atoms with Crippen LogP contribution in [0, 0.1) is 0 Å². The molecule has 0 aromatic heterocycles. The van der Waals surface area contributed by atoms with Gasteiger partial charge in [-0.1, -0.05) is 24.3 Å². The van der Waals surface area contributed by atoms with Crippen LogP contribution in [0.25, 0.3) is 0 Å². The quantitative estimate of drug-likeness (QED) is 0.714. The summed E-state index contributed by atoms with van der Waals surface area (Å²) in [7, 11) is 0. The Balaban J connectivity index is 1.49. The maximum atomic E-state index is 12.7. The molecule has 2 fully saturated rings. The zero-order chi connectivity index (χ0) is 18.0. The van der Waals surface area contributed by atoms with Gasteiger partial charge in [0, 0.05) is 26.2 Å². The van der Waals surface area contributed by atoms with Gasteiger partial charge in [0.25, 0.3) is 5.91 Å². The van der Waals surface area contributed by atoms with E-state index in [9.17, 15) is 9.59 Å². The molecule has 0 spiro atoms. The molecule has 0 radical (unpaired) electrons. The number of fused-ring (bicyclic) bond motifs is 1. The molecule has 2 aliphatic heterocycles. The van der Waals surface area contributed by atoms with Gasteiger partial charge in [-0.25, -0.2) is 4.79 Å². The van der Waals surface area contributed by atoms with Crippen molar-refractivity contribution in [3.63, 3.8) is 0 Å². The highest BCUT2D eigenvalue weighted by atomic mass is 16.6. The van der Waals surface area contributed by atoms with Crippen LogP contribution < -0.4 is 0 Å². The first-order chi connectivity index (χ1) is 11.8. The Morgan fingerprint density at radius 3 is 2.24 bits per heavy atom. The molecule has 138 valence electrons. The first-order valence-electron chi connectivity index (χ1n) is 8.72. The SMILES string of the molecule is CC(C)(C)OC(=O)N1CCN(C(=O)C2COC3C=CC=CC3O2)CC1. The van der Waals surface area contributed by atoms with Gasteiger partial charge in [-0.05, 0) is 20.8 Å². The molecular weight excluding hydrogens is 324 g/mol. The predicted molar refractivity (Wildman–Crippen MR) is 91.1 cm³/mol. The van der Waals surface area contributed by atoms with Crippen LogP contribution in [0.4, 0.5) is 4.79 Å². The van der Waals surface area contributed by atoms with Crippen molar-refractivity contribution < 1.29 is 23.8 Å². The third-order valence-electron chi connectivity index (χ3n) is 4.32. The molecule has 0 aromatic carbocycles. The third kappa shape index (κ3) is 4.41. The van der Waals surface area contributed by atoms with E-state index in [1.807, 2.05) is 45.1 Å². The summed E-state index contributed by atoms with van der Waals surface area (Å²) in [5.41, 5.74) is -0.518. The number of allylic oxidation sites excluding steroid dienone is 2. The van der Waals surface area contributed by atoms with Crippen LogP contribution in [-0.2, 0) is 19.0 Å². The lowest BCUT2D eigenvalue weighted by Crippen LogP contribution is -2.56. The highest BCUT2D eigenvalue weighted by Gasteiger charge is 2.37. The smallest absolute Gasteiger partial charge is 0.410 e. The van der Waals surface area contributed by atoms with Crippen LogP contribution in [0.3, 0.4) is 0 Å². The van der Waals surface area contributed by atoms with E-state index in [1.54, 1.807) is 9.80 Å². The molecule has 25 heavy (non-hydrogen) atoms. The molecule has 7 heteroatoms. The number of ether oxygens (including phenoxy) is 3. The molecule has 7 nitrogen and oxygen atoms in total. The molecule has 2 amide bonds. The Hall–Kier alpha value is -1.86. The molecule has 0 saturated carbocycles. The molecule has 3 rings (SSSR count). The van der Waals surface area contributed by atoms with Gasteiger partial charge in [-0.2, -0.15) is 0 Å². The van der Waals surface area contributed by atoms with Crippen molar-refractivity contribution in [3.05, 3.63) is 24.3 Å². The van der Waals surface area contributed by atoms with Crippen molar-refractivity contribution in [3.8, 4) is 0 Å². The minimum atomic E-state index is -0.592. The summed E-state index contributed by atoms with van der Waals surface area (Å²) in [6, 6.07) is 0. The van der Waals surface area contributed by atoms with Gasteiger partial charge < -0.3 is 24.0 Å². The van der Waals surface area contributed by atoms with Crippen LogP contribution in [-0.4, -0.2) is 78.5 Å². The highest BCUT2D eigenvalue weighted by molar-refractivity contribution is 5.81. The van der Waals surface area contributed by atoms with Crippen molar-refractivity contribution in [2.75, 3.05) is 32.8 Å². The van der Waals surface area contributed by atoms with E-state index in [4.69, 9.17) is 14.2 Å². The highest BCUT2D eigenvalue weighted by Crippen LogP contribution is 2.22. The summed E-state index contributed by atoms with van der Waals surface area (Å²) < 4.78 is 17.0. The fourth-order valence-electron chi connectivity index (χ4n) is 3.04. The zero-order valence-corrected chi connectivity index (χ0v) is 15.0. The van der Waals surface area contributed by atoms with Crippen molar-refractivity contribution in [1.82, 2.24) is 9.80 Å². The topological polar surface area (TPSA) is 68.3 Å². The lowest BCUT2D eigenvalue weighted by molar-refractivity contribution is -0.177. The normalized spacial score (nSPS) is 29.3. The van der Waals surface area contributed by atoms with Crippen LogP contribution in [0.2, 0.25) is 0 Å². The lowest BCUT2D eigenvalue weighted by atomic mass is 10.1. The van der Waals surface area contributed by atoms with Gasteiger partial charge in [-0.3, -0.25) is 4.79 Å². The molecular formula is C18H26N2O5. The van der Waals surface area contributed by atoms with Gasteiger partial charge in [-0.15, -0.1) is 0 Å². The van der Waals surface area contributed by atoms with E-state index in [2.05, 4.69) is 0 Å². The van der Waals surface area contributed by atoms with Gasteiger partial charge in [0.15, 0.2) is 6.10 Å². The van der Waals surface area contributed by atoms with Gasteiger partial charge in [0.1, 0.15) is 17.8 Å². The first-order valence-corrected chi connectivity index (χ1v) is 8.72. The monoisotopic (exact) mass is 350 g/mol. The number of amides is 2. The zero-order valence-electron chi connectivity index (χ0n) is 15.0. The van der Waals surface area contributed by atoms with Gasteiger partial charge in [0.05, 0.1) is 6.61 Å². The summed E-state index contributed by atoms with van der Waals surface area (Å²) in [5.74, 6) is -0.0785. The first kappa shape index (κ1) is 17.9. The number of piperazine rings is 1. The third-order valence-corrected chi connectivity index (χ3v) is 4.32. The Morgan fingerprint density at radius 2 is 1.60 bits per heavy atom. The maximum absolute atomic E-state index is 12.7. The average Bonchev–Trinajstić information content (AvgIpc) is 2.59. The number of nitrogens with zero attached hydrogens (tertiary/aromatic N) is 2. The molecule has 0 N–H and O–H groups in total.